The van der Waals surface area contributed by atoms with Crippen LogP contribution in [0.4, 0.5) is 0 Å². The molecule has 0 bridgehead atoms. The van der Waals surface area contributed by atoms with E-state index in [-0.39, 0.29) is 6.79 Å². The lowest BCUT2D eigenvalue weighted by Crippen LogP contribution is -2.34. The minimum Gasteiger partial charge on any atom is -0.454 e. The molecule has 1 aromatic carbocycles. The normalized spacial score (nSPS) is 19.1. The second-order valence-corrected chi connectivity index (χ2v) is 5.77. The third kappa shape index (κ3) is 2.35. The molecule has 1 aliphatic heterocycles. The van der Waals surface area contributed by atoms with Gasteiger partial charge in [0.25, 0.3) is 5.89 Å². The first-order valence-corrected chi connectivity index (χ1v) is 7.44. The highest BCUT2D eigenvalue weighted by Gasteiger charge is 2.35. The van der Waals surface area contributed by atoms with Crippen LogP contribution >= 0.6 is 0 Å². The van der Waals surface area contributed by atoms with E-state index in [1.165, 1.54) is 0 Å². The van der Waals surface area contributed by atoms with Crippen LogP contribution in [0.15, 0.2) is 22.7 Å². The number of hydrogen-bond acceptors (Lipinski definition) is 6. The molecule has 1 aliphatic carbocycles. The van der Waals surface area contributed by atoms with E-state index >= 15 is 0 Å². The maximum absolute atomic E-state index is 6.32. The van der Waals surface area contributed by atoms with Gasteiger partial charge in [-0.25, -0.2) is 0 Å². The molecule has 2 aliphatic rings. The third-order valence-corrected chi connectivity index (χ3v) is 4.20. The van der Waals surface area contributed by atoms with E-state index in [1.54, 1.807) is 6.08 Å². The molecule has 2 aromatic rings. The Morgan fingerprint density at radius 3 is 2.77 bits per heavy atom. The molecule has 6 nitrogen and oxygen atoms in total. The van der Waals surface area contributed by atoms with Crippen LogP contribution in [0.3, 0.4) is 0 Å². The molecule has 2 heterocycles. The minimum atomic E-state index is -0.422. The summed E-state index contributed by atoms with van der Waals surface area (Å²) in [4.78, 5) is 4.41. The second kappa shape index (κ2) is 5.14. The summed E-state index contributed by atoms with van der Waals surface area (Å²) in [5.41, 5.74) is 6.88. The molecular formula is C16H17N3O3. The van der Waals surface area contributed by atoms with Crippen LogP contribution < -0.4 is 15.2 Å². The number of ether oxygens (including phenoxy) is 2. The summed E-state index contributed by atoms with van der Waals surface area (Å²) >= 11 is 0. The van der Waals surface area contributed by atoms with Gasteiger partial charge in [0, 0.05) is 6.08 Å². The van der Waals surface area contributed by atoms with Gasteiger partial charge in [-0.1, -0.05) is 24.1 Å². The Hall–Kier alpha value is -2.34. The Bertz CT molecular complexity index is 717. The first-order valence-electron chi connectivity index (χ1n) is 7.44. The van der Waals surface area contributed by atoms with Crippen molar-refractivity contribution in [3.8, 4) is 11.5 Å². The summed E-state index contributed by atoms with van der Waals surface area (Å²) in [5, 5.41) is 4.03. The van der Waals surface area contributed by atoms with E-state index in [4.69, 9.17) is 19.7 Å². The fourth-order valence-corrected chi connectivity index (χ4v) is 2.92. The number of nitrogens with two attached hydrogens (primary N) is 1. The van der Waals surface area contributed by atoms with Crippen molar-refractivity contribution in [3.63, 3.8) is 0 Å². The molecule has 0 spiro atoms. The number of rotatable bonds is 3. The van der Waals surface area contributed by atoms with Crippen molar-refractivity contribution in [3.05, 3.63) is 35.5 Å². The highest BCUT2D eigenvalue weighted by Crippen LogP contribution is 2.35. The molecule has 22 heavy (non-hydrogen) atoms. The average molecular weight is 299 g/mol. The third-order valence-electron chi connectivity index (χ3n) is 4.20. The number of hydrogen-bond donors (Lipinski definition) is 1. The summed E-state index contributed by atoms with van der Waals surface area (Å²) in [6.07, 6.45) is 7.75. The molecule has 2 N–H and O–H groups in total. The highest BCUT2D eigenvalue weighted by atomic mass is 16.7. The second-order valence-electron chi connectivity index (χ2n) is 5.77. The van der Waals surface area contributed by atoms with Gasteiger partial charge in [-0.15, -0.1) is 0 Å². The summed E-state index contributed by atoms with van der Waals surface area (Å²) in [6, 6.07) is 5.74. The molecule has 1 fully saturated rings. The molecule has 0 unspecified atom stereocenters. The lowest BCUT2D eigenvalue weighted by Gasteiger charge is -2.17. The van der Waals surface area contributed by atoms with E-state index in [2.05, 4.69) is 10.1 Å². The van der Waals surface area contributed by atoms with E-state index in [9.17, 15) is 0 Å². The lowest BCUT2D eigenvalue weighted by atomic mass is 9.99. The molecule has 0 saturated heterocycles. The monoisotopic (exact) mass is 299 g/mol. The van der Waals surface area contributed by atoms with Gasteiger partial charge < -0.3 is 19.7 Å². The van der Waals surface area contributed by atoms with Crippen LogP contribution in [0, 0.1) is 0 Å². The molecule has 4 rings (SSSR count). The van der Waals surface area contributed by atoms with Crippen molar-refractivity contribution in [1.82, 2.24) is 10.1 Å². The van der Waals surface area contributed by atoms with Crippen LogP contribution in [0.2, 0.25) is 0 Å². The first kappa shape index (κ1) is 13.3. The van der Waals surface area contributed by atoms with Crippen LogP contribution in [0.25, 0.3) is 12.2 Å². The standard InChI is InChI=1S/C16H17N3O3/c17-16(7-1-2-8-16)15-18-14(22-19-15)6-4-11-3-5-12-13(9-11)21-10-20-12/h3-6,9H,1-2,7-8,10,17H2/b6-4+. The van der Waals surface area contributed by atoms with Crippen LogP contribution in [0.5, 0.6) is 11.5 Å². The average Bonchev–Trinajstić information content (AvgIpc) is 3.25. The van der Waals surface area contributed by atoms with Gasteiger partial charge in [0.05, 0.1) is 5.54 Å². The Morgan fingerprint density at radius 2 is 1.91 bits per heavy atom. The van der Waals surface area contributed by atoms with Gasteiger partial charge >= 0.3 is 0 Å². The molecule has 0 atom stereocenters. The van der Waals surface area contributed by atoms with Crippen molar-refractivity contribution in [1.29, 1.82) is 0 Å². The SMILES string of the molecule is NC1(c2noc(/C=C/c3ccc4c(c3)OCO4)n2)CCCC1. The van der Waals surface area contributed by atoms with E-state index in [1.807, 2.05) is 24.3 Å². The van der Waals surface area contributed by atoms with Crippen molar-refractivity contribution < 1.29 is 14.0 Å². The first-order chi connectivity index (χ1) is 10.7. The lowest BCUT2D eigenvalue weighted by molar-refractivity contribution is 0.174. The molecule has 1 aromatic heterocycles. The number of fused-ring (bicyclic) bond motifs is 1. The van der Waals surface area contributed by atoms with E-state index < -0.39 is 5.54 Å². The maximum Gasteiger partial charge on any atom is 0.250 e. The largest absolute Gasteiger partial charge is 0.454 e. The van der Waals surface area contributed by atoms with Gasteiger partial charge in [0.15, 0.2) is 17.3 Å². The van der Waals surface area contributed by atoms with Crippen molar-refractivity contribution >= 4 is 12.2 Å². The van der Waals surface area contributed by atoms with Crippen LogP contribution in [-0.2, 0) is 5.54 Å². The number of nitrogens with zero attached hydrogens (tertiary/aromatic N) is 2. The quantitative estimate of drug-likeness (QED) is 0.938. The summed E-state index contributed by atoms with van der Waals surface area (Å²) in [7, 11) is 0. The zero-order chi connectivity index (χ0) is 15.0. The Balaban J connectivity index is 1.52. The van der Waals surface area contributed by atoms with E-state index in [0.717, 1.165) is 42.7 Å². The van der Waals surface area contributed by atoms with Gasteiger partial charge in [-0.2, -0.15) is 4.98 Å². The number of aromatic nitrogens is 2. The molecule has 0 radical (unpaired) electrons. The van der Waals surface area contributed by atoms with Crippen molar-refractivity contribution in [2.45, 2.75) is 31.2 Å². The van der Waals surface area contributed by atoms with E-state index in [0.29, 0.717) is 11.7 Å². The summed E-state index contributed by atoms with van der Waals surface area (Å²) in [5.74, 6) is 2.59. The van der Waals surface area contributed by atoms with Crippen LogP contribution in [0.1, 0.15) is 43.0 Å². The zero-order valence-electron chi connectivity index (χ0n) is 12.1. The fraction of sp³-hybridized carbons (Fsp3) is 0.375. The molecule has 114 valence electrons. The topological polar surface area (TPSA) is 83.4 Å². The smallest absolute Gasteiger partial charge is 0.250 e. The molecule has 6 heteroatoms. The van der Waals surface area contributed by atoms with Crippen molar-refractivity contribution in [2.24, 2.45) is 5.73 Å². The molecular weight excluding hydrogens is 282 g/mol. The molecule has 0 amide bonds. The van der Waals surface area contributed by atoms with Gasteiger partial charge in [-0.05, 0) is 36.6 Å². The minimum absolute atomic E-state index is 0.272. The number of benzene rings is 1. The predicted molar refractivity (Wildman–Crippen MR) is 80.1 cm³/mol. The van der Waals surface area contributed by atoms with Crippen molar-refractivity contribution in [2.75, 3.05) is 6.79 Å². The fourth-order valence-electron chi connectivity index (χ4n) is 2.92. The zero-order valence-corrected chi connectivity index (χ0v) is 12.1. The summed E-state index contributed by atoms with van der Waals surface area (Å²) < 4.78 is 15.9. The predicted octanol–water partition coefficient (Wildman–Crippen LogP) is 2.70. The van der Waals surface area contributed by atoms with Crippen LogP contribution in [-0.4, -0.2) is 16.9 Å². The summed E-state index contributed by atoms with van der Waals surface area (Å²) in [6.45, 7) is 0.272. The molecule has 1 saturated carbocycles. The Labute approximate surface area is 127 Å². The highest BCUT2D eigenvalue weighted by molar-refractivity contribution is 5.68. The Kier molecular flexibility index (Phi) is 3.11. The Morgan fingerprint density at radius 1 is 1.09 bits per heavy atom. The van der Waals surface area contributed by atoms with Gasteiger partial charge in [-0.3, -0.25) is 0 Å². The maximum atomic E-state index is 6.32. The van der Waals surface area contributed by atoms with Gasteiger partial charge in [0.2, 0.25) is 6.79 Å². The van der Waals surface area contributed by atoms with Gasteiger partial charge in [0.1, 0.15) is 0 Å².